The molecule has 0 rings (SSSR count). The molecule has 0 aromatic carbocycles. The number of likely N-dealkylation sites (N-methyl/N-ethyl adjacent to an activating group) is 1. The molecule has 2 unspecified atom stereocenters. The van der Waals surface area contributed by atoms with Gasteiger partial charge in [-0.15, -0.1) is 0 Å². The molecule has 0 aromatic rings. The molecular formula is C14H29N3O2. The van der Waals surface area contributed by atoms with Crippen molar-refractivity contribution in [3.05, 3.63) is 0 Å². The minimum atomic E-state index is -0.371. The summed E-state index contributed by atoms with van der Waals surface area (Å²) in [7, 11) is 1.76. The Morgan fingerprint density at radius 3 is 2.00 bits per heavy atom. The summed E-state index contributed by atoms with van der Waals surface area (Å²) in [6.45, 7) is 10.3. The van der Waals surface area contributed by atoms with Gasteiger partial charge in [0.2, 0.25) is 11.8 Å². The first-order valence-corrected chi connectivity index (χ1v) is 7.18. The van der Waals surface area contributed by atoms with Crippen molar-refractivity contribution in [1.29, 1.82) is 0 Å². The second-order valence-electron chi connectivity index (χ2n) is 4.98. The van der Waals surface area contributed by atoms with E-state index in [1.165, 1.54) is 0 Å². The van der Waals surface area contributed by atoms with E-state index in [0.717, 1.165) is 12.8 Å². The lowest BCUT2D eigenvalue weighted by molar-refractivity contribution is -0.132. The molecule has 0 saturated heterocycles. The molecule has 2 atom stereocenters. The van der Waals surface area contributed by atoms with Crippen molar-refractivity contribution in [1.82, 2.24) is 15.5 Å². The van der Waals surface area contributed by atoms with Crippen LogP contribution < -0.4 is 10.6 Å². The van der Waals surface area contributed by atoms with Crippen LogP contribution in [0.15, 0.2) is 0 Å². The van der Waals surface area contributed by atoms with Gasteiger partial charge in [-0.05, 0) is 33.6 Å². The standard InChI is InChI=1S/C14H29N3O2/c1-7-12(8-2)16-13(18)10(4)15-11(5)14(19)17(6)9-3/h10-12,15H,7-9H2,1-6H3,(H,16,18). The third kappa shape index (κ3) is 6.05. The first-order valence-electron chi connectivity index (χ1n) is 7.18. The minimum Gasteiger partial charge on any atom is -0.352 e. The SMILES string of the molecule is CCC(CC)NC(=O)C(C)NC(C)C(=O)N(C)CC. The second kappa shape index (κ2) is 8.91. The maximum absolute atomic E-state index is 12.0. The van der Waals surface area contributed by atoms with Crippen LogP contribution in [0.4, 0.5) is 0 Å². The Kier molecular flexibility index (Phi) is 8.39. The summed E-state index contributed by atoms with van der Waals surface area (Å²) in [6, 6.07) is -0.515. The molecule has 0 aliphatic carbocycles. The highest BCUT2D eigenvalue weighted by Gasteiger charge is 2.22. The van der Waals surface area contributed by atoms with Crippen LogP contribution >= 0.6 is 0 Å². The largest absolute Gasteiger partial charge is 0.352 e. The van der Waals surface area contributed by atoms with E-state index in [0.29, 0.717) is 6.54 Å². The predicted molar refractivity (Wildman–Crippen MR) is 77.9 cm³/mol. The maximum Gasteiger partial charge on any atom is 0.239 e. The van der Waals surface area contributed by atoms with Crippen molar-refractivity contribution in [2.45, 2.75) is 65.6 Å². The Labute approximate surface area is 117 Å². The van der Waals surface area contributed by atoms with E-state index < -0.39 is 0 Å². The van der Waals surface area contributed by atoms with Gasteiger partial charge in [-0.25, -0.2) is 0 Å². The first kappa shape index (κ1) is 17.9. The highest BCUT2D eigenvalue weighted by atomic mass is 16.2. The van der Waals surface area contributed by atoms with Crippen molar-refractivity contribution in [2.24, 2.45) is 0 Å². The van der Waals surface area contributed by atoms with E-state index in [2.05, 4.69) is 24.5 Å². The molecule has 0 aliphatic heterocycles. The Morgan fingerprint density at radius 2 is 1.58 bits per heavy atom. The maximum atomic E-state index is 12.0. The van der Waals surface area contributed by atoms with Crippen LogP contribution in [0.2, 0.25) is 0 Å². The van der Waals surface area contributed by atoms with E-state index in [9.17, 15) is 9.59 Å². The summed E-state index contributed by atoms with van der Waals surface area (Å²) in [5.41, 5.74) is 0. The van der Waals surface area contributed by atoms with Gasteiger partial charge in [0.1, 0.15) is 0 Å². The quantitative estimate of drug-likeness (QED) is 0.696. The number of carbonyl (C=O) groups is 2. The molecule has 5 heteroatoms. The molecule has 0 aromatic heterocycles. The number of carbonyl (C=O) groups excluding carboxylic acids is 2. The van der Waals surface area contributed by atoms with Gasteiger partial charge in [0.05, 0.1) is 12.1 Å². The van der Waals surface area contributed by atoms with Gasteiger partial charge in [0, 0.05) is 19.6 Å². The first-order chi connectivity index (χ1) is 8.87. The van der Waals surface area contributed by atoms with Crippen molar-refractivity contribution >= 4 is 11.8 Å². The second-order valence-corrected chi connectivity index (χ2v) is 4.98. The normalized spacial score (nSPS) is 14.1. The van der Waals surface area contributed by atoms with Crippen molar-refractivity contribution in [2.75, 3.05) is 13.6 Å². The number of amides is 2. The van der Waals surface area contributed by atoms with Gasteiger partial charge >= 0.3 is 0 Å². The smallest absolute Gasteiger partial charge is 0.239 e. The van der Waals surface area contributed by atoms with Gasteiger partial charge in [-0.1, -0.05) is 13.8 Å². The molecule has 112 valence electrons. The summed E-state index contributed by atoms with van der Waals surface area (Å²) in [5, 5.41) is 6.02. The number of hydrogen-bond acceptors (Lipinski definition) is 3. The Hall–Kier alpha value is -1.10. The molecule has 5 nitrogen and oxygen atoms in total. The molecular weight excluding hydrogens is 242 g/mol. The molecule has 19 heavy (non-hydrogen) atoms. The van der Waals surface area contributed by atoms with E-state index >= 15 is 0 Å². The molecule has 2 amide bonds. The number of nitrogens with zero attached hydrogens (tertiary/aromatic N) is 1. The van der Waals surface area contributed by atoms with Gasteiger partial charge in [0.15, 0.2) is 0 Å². The number of nitrogens with one attached hydrogen (secondary N) is 2. The molecule has 0 heterocycles. The van der Waals surface area contributed by atoms with E-state index in [1.54, 1.807) is 25.8 Å². The van der Waals surface area contributed by atoms with E-state index in [-0.39, 0.29) is 29.9 Å². The third-order valence-electron chi connectivity index (χ3n) is 3.45. The lowest BCUT2D eigenvalue weighted by Gasteiger charge is -2.24. The summed E-state index contributed by atoms with van der Waals surface area (Å²) >= 11 is 0. The third-order valence-corrected chi connectivity index (χ3v) is 3.45. The number of hydrogen-bond donors (Lipinski definition) is 2. The summed E-state index contributed by atoms with van der Waals surface area (Å²) < 4.78 is 0. The van der Waals surface area contributed by atoms with Crippen LogP contribution in [-0.2, 0) is 9.59 Å². The van der Waals surface area contributed by atoms with Crippen molar-refractivity contribution in [3.63, 3.8) is 0 Å². The highest BCUT2D eigenvalue weighted by Crippen LogP contribution is 1.99. The minimum absolute atomic E-state index is 0.00434. The van der Waals surface area contributed by atoms with Crippen LogP contribution in [0.1, 0.15) is 47.5 Å². The van der Waals surface area contributed by atoms with Crippen LogP contribution in [-0.4, -0.2) is 48.4 Å². The van der Waals surface area contributed by atoms with Crippen LogP contribution in [0.25, 0.3) is 0 Å². The molecule has 0 saturated carbocycles. The summed E-state index contributed by atoms with van der Waals surface area (Å²) in [4.78, 5) is 25.5. The Morgan fingerprint density at radius 1 is 1.05 bits per heavy atom. The molecule has 0 spiro atoms. The van der Waals surface area contributed by atoms with Crippen molar-refractivity contribution < 1.29 is 9.59 Å². The summed E-state index contributed by atoms with van der Waals surface area (Å²) in [5.74, 6) is -0.0443. The molecule has 0 bridgehead atoms. The van der Waals surface area contributed by atoms with Crippen molar-refractivity contribution in [3.8, 4) is 0 Å². The fraction of sp³-hybridized carbons (Fsp3) is 0.857. The number of rotatable bonds is 8. The average molecular weight is 271 g/mol. The predicted octanol–water partition coefficient (Wildman–Crippen LogP) is 1.14. The Bertz CT molecular complexity index is 290. The fourth-order valence-corrected chi connectivity index (χ4v) is 1.83. The monoisotopic (exact) mass is 271 g/mol. The van der Waals surface area contributed by atoms with Gasteiger partial charge in [-0.3, -0.25) is 14.9 Å². The van der Waals surface area contributed by atoms with Crippen LogP contribution in [0, 0.1) is 0 Å². The zero-order valence-corrected chi connectivity index (χ0v) is 13.1. The lowest BCUT2D eigenvalue weighted by Crippen LogP contribution is -2.52. The van der Waals surface area contributed by atoms with E-state index in [4.69, 9.17) is 0 Å². The fourth-order valence-electron chi connectivity index (χ4n) is 1.83. The molecule has 2 N–H and O–H groups in total. The summed E-state index contributed by atoms with van der Waals surface area (Å²) in [6.07, 6.45) is 1.84. The van der Waals surface area contributed by atoms with E-state index in [1.807, 2.05) is 6.92 Å². The molecule has 0 radical (unpaired) electrons. The lowest BCUT2D eigenvalue weighted by atomic mass is 10.1. The highest BCUT2D eigenvalue weighted by molar-refractivity contribution is 5.84. The Balaban J connectivity index is 4.32. The zero-order chi connectivity index (χ0) is 15.0. The topological polar surface area (TPSA) is 61.4 Å². The zero-order valence-electron chi connectivity index (χ0n) is 13.1. The van der Waals surface area contributed by atoms with Gasteiger partial charge in [-0.2, -0.15) is 0 Å². The van der Waals surface area contributed by atoms with Crippen LogP contribution in [0.5, 0.6) is 0 Å². The van der Waals surface area contributed by atoms with Gasteiger partial charge < -0.3 is 10.2 Å². The van der Waals surface area contributed by atoms with Crippen LogP contribution in [0.3, 0.4) is 0 Å². The van der Waals surface area contributed by atoms with Gasteiger partial charge in [0.25, 0.3) is 0 Å². The average Bonchev–Trinajstić information content (AvgIpc) is 2.42. The molecule has 0 aliphatic rings. The molecule has 0 fully saturated rings.